The summed E-state index contributed by atoms with van der Waals surface area (Å²) < 4.78 is 0. The zero-order valence-corrected chi connectivity index (χ0v) is 14.0. The Labute approximate surface area is 141 Å². The number of hydrogen-bond donors (Lipinski definition) is 1. The van der Waals surface area contributed by atoms with E-state index >= 15 is 0 Å². The highest BCUT2D eigenvalue weighted by molar-refractivity contribution is 6.36. The zero-order valence-electron chi connectivity index (χ0n) is 12.5. The van der Waals surface area contributed by atoms with Crippen LogP contribution in [0.3, 0.4) is 0 Å². The molecule has 0 aliphatic carbocycles. The van der Waals surface area contributed by atoms with Crippen LogP contribution in [0, 0.1) is 0 Å². The summed E-state index contributed by atoms with van der Waals surface area (Å²) in [5.74, 6) is -0.0597. The van der Waals surface area contributed by atoms with E-state index in [1.165, 1.54) is 5.56 Å². The maximum Gasteiger partial charge on any atom is 0.224 e. The fourth-order valence-corrected chi connectivity index (χ4v) is 2.82. The molecule has 0 heterocycles. The van der Waals surface area contributed by atoms with Gasteiger partial charge in [0.05, 0.1) is 6.42 Å². The first-order chi connectivity index (χ1) is 10.6. The van der Waals surface area contributed by atoms with Crippen LogP contribution in [0.25, 0.3) is 0 Å². The smallest absolute Gasteiger partial charge is 0.224 e. The van der Waals surface area contributed by atoms with E-state index in [9.17, 15) is 4.79 Å². The van der Waals surface area contributed by atoms with Gasteiger partial charge in [-0.25, -0.2) is 0 Å². The SMILES string of the molecule is C[C@H](CCc1ccccc1)NC(=O)Cc1c(Cl)cccc1Cl. The van der Waals surface area contributed by atoms with Crippen molar-refractivity contribution in [2.75, 3.05) is 0 Å². The normalized spacial score (nSPS) is 12.0. The van der Waals surface area contributed by atoms with E-state index in [0.717, 1.165) is 12.8 Å². The van der Waals surface area contributed by atoms with E-state index in [4.69, 9.17) is 23.2 Å². The average molecular weight is 336 g/mol. The highest BCUT2D eigenvalue weighted by atomic mass is 35.5. The van der Waals surface area contributed by atoms with Crippen molar-refractivity contribution in [1.82, 2.24) is 5.32 Å². The third kappa shape index (κ3) is 5.04. The molecule has 0 aromatic heterocycles. The van der Waals surface area contributed by atoms with Gasteiger partial charge in [0, 0.05) is 16.1 Å². The molecule has 0 bridgehead atoms. The second-order valence-corrected chi connectivity index (χ2v) is 6.18. The lowest BCUT2D eigenvalue weighted by atomic mass is 10.1. The molecule has 1 amide bonds. The van der Waals surface area contributed by atoms with Crippen LogP contribution in [0.5, 0.6) is 0 Å². The van der Waals surface area contributed by atoms with Crippen LogP contribution in [0.1, 0.15) is 24.5 Å². The summed E-state index contributed by atoms with van der Waals surface area (Å²) in [4.78, 5) is 12.1. The van der Waals surface area contributed by atoms with E-state index in [-0.39, 0.29) is 18.4 Å². The Bertz CT molecular complexity index is 608. The molecule has 0 saturated carbocycles. The minimum absolute atomic E-state index is 0.0597. The van der Waals surface area contributed by atoms with Gasteiger partial charge < -0.3 is 5.32 Å². The lowest BCUT2D eigenvalue weighted by Crippen LogP contribution is -2.34. The van der Waals surface area contributed by atoms with E-state index < -0.39 is 0 Å². The molecule has 0 unspecified atom stereocenters. The van der Waals surface area contributed by atoms with Gasteiger partial charge in [-0.05, 0) is 43.0 Å². The van der Waals surface area contributed by atoms with Crippen LogP contribution in [-0.2, 0) is 17.6 Å². The molecule has 2 nitrogen and oxygen atoms in total. The first kappa shape index (κ1) is 16.9. The van der Waals surface area contributed by atoms with Crippen LogP contribution < -0.4 is 5.32 Å². The number of aryl methyl sites for hydroxylation is 1. The van der Waals surface area contributed by atoms with Crippen molar-refractivity contribution in [2.45, 2.75) is 32.2 Å². The van der Waals surface area contributed by atoms with Crippen LogP contribution in [0.4, 0.5) is 0 Å². The van der Waals surface area contributed by atoms with Crippen molar-refractivity contribution in [3.63, 3.8) is 0 Å². The van der Waals surface area contributed by atoms with Crippen molar-refractivity contribution in [3.05, 3.63) is 69.7 Å². The van der Waals surface area contributed by atoms with Gasteiger partial charge in [0.15, 0.2) is 0 Å². The van der Waals surface area contributed by atoms with Gasteiger partial charge in [-0.1, -0.05) is 59.6 Å². The van der Waals surface area contributed by atoms with Crippen molar-refractivity contribution < 1.29 is 4.79 Å². The maximum absolute atomic E-state index is 12.1. The number of rotatable bonds is 6. The number of carbonyl (C=O) groups excluding carboxylic acids is 1. The average Bonchev–Trinajstić information content (AvgIpc) is 2.50. The first-order valence-corrected chi connectivity index (χ1v) is 8.08. The molecule has 0 radical (unpaired) electrons. The second kappa shape index (κ2) is 8.21. The zero-order chi connectivity index (χ0) is 15.9. The van der Waals surface area contributed by atoms with Crippen LogP contribution in [-0.4, -0.2) is 11.9 Å². The van der Waals surface area contributed by atoms with Crippen molar-refractivity contribution in [2.24, 2.45) is 0 Å². The van der Waals surface area contributed by atoms with Crippen molar-refractivity contribution in [3.8, 4) is 0 Å². The van der Waals surface area contributed by atoms with Gasteiger partial charge in [0.1, 0.15) is 0 Å². The van der Waals surface area contributed by atoms with Crippen LogP contribution in [0.2, 0.25) is 10.0 Å². The summed E-state index contributed by atoms with van der Waals surface area (Å²) in [6.07, 6.45) is 2.04. The molecule has 0 spiro atoms. The van der Waals surface area contributed by atoms with Gasteiger partial charge in [-0.15, -0.1) is 0 Å². The highest BCUT2D eigenvalue weighted by Crippen LogP contribution is 2.24. The van der Waals surface area contributed by atoms with Crippen molar-refractivity contribution >= 4 is 29.1 Å². The van der Waals surface area contributed by atoms with Crippen molar-refractivity contribution in [1.29, 1.82) is 0 Å². The topological polar surface area (TPSA) is 29.1 Å². The summed E-state index contributed by atoms with van der Waals surface area (Å²) in [6.45, 7) is 2.01. The lowest BCUT2D eigenvalue weighted by Gasteiger charge is -2.14. The quantitative estimate of drug-likeness (QED) is 0.816. The molecule has 0 saturated heterocycles. The number of carbonyl (C=O) groups is 1. The second-order valence-electron chi connectivity index (χ2n) is 5.37. The van der Waals surface area contributed by atoms with Gasteiger partial charge in [-0.3, -0.25) is 4.79 Å². The van der Waals surface area contributed by atoms with E-state index in [2.05, 4.69) is 17.4 Å². The molecule has 0 fully saturated rings. The molecule has 22 heavy (non-hydrogen) atoms. The van der Waals surface area contributed by atoms with Crippen LogP contribution >= 0.6 is 23.2 Å². The maximum atomic E-state index is 12.1. The Morgan fingerprint density at radius 3 is 2.32 bits per heavy atom. The van der Waals surface area contributed by atoms with Crippen LogP contribution in [0.15, 0.2) is 48.5 Å². The predicted octanol–water partition coefficient (Wildman–Crippen LogP) is 4.67. The van der Waals surface area contributed by atoms with Gasteiger partial charge >= 0.3 is 0 Å². The summed E-state index contributed by atoms with van der Waals surface area (Å²) in [5, 5.41) is 4.05. The Hall–Kier alpha value is -1.51. The standard InChI is InChI=1S/C18H19Cl2NO/c1-13(10-11-14-6-3-2-4-7-14)21-18(22)12-15-16(19)8-5-9-17(15)20/h2-9,13H,10-12H2,1H3,(H,21,22)/t13-/m1/s1. The number of hydrogen-bond acceptors (Lipinski definition) is 1. The molecule has 2 aromatic carbocycles. The number of amides is 1. The van der Waals surface area contributed by atoms with E-state index in [0.29, 0.717) is 15.6 Å². The summed E-state index contributed by atoms with van der Waals surface area (Å²) in [7, 11) is 0. The molecule has 0 aliphatic heterocycles. The van der Waals surface area contributed by atoms with E-state index in [1.807, 2.05) is 25.1 Å². The molecule has 2 rings (SSSR count). The number of nitrogens with one attached hydrogen (secondary N) is 1. The summed E-state index contributed by atoms with van der Waals surface area (Å²) >= 11 is 12.2. The number of halogens is 2. The largest absolute Gasteiger partial charge is 0.353 e. The monoisotopic (exact) mass is 335 g/mol. The molecular weight excluding hydrogens is 317 g/mol. The highest BCUT2D eigenvalue weighted by Gasteiger charge is 2.12. The fraction of sp³-hybridized carbons (Fsp3) is 0.278. The van der Waals surface area contributed by atoms with Gasteiger partial charge in [0.2, 0.25) is 5.91 Å². The summed E-state index contributed by atoms with van der Waals surface area (Å²) in [5.41, 5.74) is 1.95. The Balaban J connectivity index is 1.84. The predicted molar refractivity (Wildman–Crippen MR) is 92.5 cm³/mol. The Morgan fingerprint density at radius 1 is 1.05 bits per heavy atom. The molecule has 1 N–H and O–H groups in total. The third-order valence-corrected chi connectivity index (χ3v) is 4.22. The lowest BCUT2D eigenvalue weighted by molar-refractivity contribution is -0.121. The molecule has 1 atom stereocenters. The molecule has 4 heteroatoms. The minimum Gasteiger partial charge on any atom is -0.353 e. The fourth-order valence-electron chi connectivity index (χ4n) is 2.29. The number of benzene rings is 2. The van der Waals surface area contributed by atoms with Gasteiger partial charge in [-0.2, -0.15) is 0 Å². The summed E-state index contributed by atoms with van der Waals surface area (Å²) in [6, 6.07) is 15.6. The third-order valence-electron chi connectivity index (χ3n) is 3.52. The Morgan fingerprint density at radius 2 is 1.68 bits per heavy atom. The van der Waals surface area contributed by atoms with Gasteiger partial charge in [0.25, 0.3) is 0 Å². The molecule has 116 valence electrons. The first-order valence-electron chi connectivity index (χ1n) is 7.32. The molecule has 2 aromatic rings. The van der Waals surface area contributed by atoms with E-state index in [1.54, 1.807) is 18.2 Å². The molecule has 0 aliphatic rings. The molecular formula is C18H19Cl2NO. The Kier molecular flexibility index (Phi) is 6.29. The minimum atomic E-state index is -0.0597.